The van der Waals surface area contributed by atoms with Crippen molar-refractivity contribution < 1.29 is 19.1 Å². The number of nitrogens with zero attached hydrogens (tertiary/aromatic N) is 2. The molecule has 0 bridgehead atoms. The summed E-state index contributed by atoms with van der Waals surface area (Å²) < 4.78 is 8.01. The number of barbiturate groups is 1. The van der Waals surface area contributed by atoms with Gasteiger partial charge in [-0.05, 0) is 66.8 Å². The number of ether oxygens (including phenoxy) is 1. The lowest BCUT2D eigenvalue weighted by atomic mass is 10.1. The Morgan fingerprint density at radius 2 is 1.51 bits per heavy atom. The van der Waals surface area contributed by atoms with Crippen molar-refractivity contribution in [3.05, 3.63) is 101 Å². The molecule has 1 aliphatic rings. The zero-order valence-electron chi connectivity index (χ0n) is 22.1. The Kier molecular flexibility index (Phi) is 7.59. The van der Waals surface area contributed by atoms with E-state index in [1.165, 1.54) is 5.56 Å². The number of aryl methyl sites for hydroxylation is 3. The van der Waals surface area contributed by atoms with Crippen LogP contribution in [-0.2, 0) is 29.0 Å². The highest BCUT2D eigenvalue weighted by Gasteiger charge is 2.37. The number of carbonyl (C=O) groups is 3. The van der Waals surface area contributed by atoms with E-state index in [0.29, 0.717) is 18.8 Å². The van der Waals surface area contributed by atoms with Gasteiger partial charge in [-0.15, -0.1) is 0 Å². The molecule has 5 rings (SSSR count). The first-order valence-corrected chi connectivity index (χ1v) is 13.3. The first kappa shape index (κ1) is 26.0. The van der Waals surface area contributed by atoms with Crippen LogP contribution in [0.1, 0.15) is 37.0 Å². The summed E-state index contributed by atoms with van der Waals surface area (Å²) in [4.78, 5) is 39.7. The van der Waals surface area contributed by atoms with Gasteiger partial charge in [-0.25, -0.2) is 9.69 Å². The van der Waals surface area contributed by atoms with Gasteiger partial charge in [0.1, 0.15) is 11.3 Å². The number of benzene rings is 3. The van der Waals surface area contributed by atoms with Crippen molar-refractivity contribution >= 4 is 40.5 Å². The van der Waals surface area contributed by atoms with Crippen LogP contribution in [-0.4, -0.2) is 29.0 Å². The van der Waals surface area contributed by atoms with Crippen LogP contribution in [0.3, 0.4) is 0 Å². The van der Waals surface area contributed by atoms with Gasteiger partial charge < -0.3 is 9.30 Å². The number of carbonyl (C=O) groups excluding carboxylic acids is 3. The number of amides is 4. The predicted molar refractivity (Wildman–Crippen MR) is 153 cm³/mol. The van der Waals surface area contributed by atoms with E-state index >= 15 is 0 Å². The van der Waals surface area contributed by atoms with Gasteiger partial charge in [0, 0.05) is 29.2 Å². The molecule has 0 unspecified atom stereocenters. The van der Waals surface area contributed by atoms with Crippen LogP contribution in [0.15, 0.2) is 84.6 Å². The number of hydrogen-bond acceptors (Lipinski definition) is 4. The third kappa shape index (κ3) is 5.48. The van der Waals surface area contributed by atoms with Gasteiger partial charge in [0.05, 0.1) is 12.3 Å². The van der Waals surface area contributed by atoms with E-state index in [2.05, 4.69) is 28.9 Å². The Bertz CT molecular complexity index is 1550. The quantitative estimate of drug-likeness (QED) is 0.169. The summed E-state index contributed by atoms with van der Waals surface area (Å²) in [6.45, 7) is 5.41. The maximum atomic E-state index is 13.4. The summed E-state index contributed by atoms with van der Waals surface area (Å²) >= 11 is 0. The van der Waals surface area contributed by atoms with Crippen molar-refractivity contribution in [2.45, 2.75) is 39.7 Å². The second-order valence-corrected chi connectivity index (χ2v) is 9.47. The van der Waals surface area contributed by atoms with Crippen LogP contribution in [0.5, 0.6) is 5.75 Å². The molecule has 0 spiro atoms. The Balaban J connectivity index is 1.36. The number of anilines is 1. The second-order valence-electron chi connectivity index (χ2n) is 9.47. The van der Waals surface area contributed by atoms with E-state index in [1.54, 1.807) is 18.2 Å². The third-order valence-corrected chi connectivity index (χ3v) is 6.97. The first-order chi connectivity index (χ1) is 19.0. The smallest absolute Gasteiger partial charge is 0.335 e. The van der Waals surface area contributed by atoms with Crippen molar-refractivity contribution in [2.75, 3.05) is 11.5 Å². The predicted octanol–water partition coefficient (Wildman–Crippen LogP) is 5.90. The van der Waals surface area contributed by atoms with Crippen LogP contribution in [0, 0.1) is 0 Å². The maximum Gasteiger partial charge on any atom is 0.335 e. The largest absolute Gasteiger partial charge is 0.494 e. The van der Waals surface area contributed by atoms with E-state index < -0.39 is 17.8 Å². The number of fused-ring (bicyclic) bond motifs is 1. The molecule has 0 saturated carbocycles. The molecule has 198 valence electrons. The average Bonchev–Trinajstić information content (AvgIpc) is 3.31. The standard InChI is InChI=1S/C32H31N3O4/c1-3-22-10-14-25(15-11-22)35-31(37)28(30(36)33-32(35)38)20-24-21-34(29-9-6-5-8-27(24)29)18-7-19-39-26-16-12-23(4-2)13-17-26/h5-6,8-17,20-21H,3-4,7,18-19H2,1-2H3,(H,33,36,38). The number of nitrogens with one attached hydrogen (secondary N) is 1. The van der Waals surface area contributed by atoms with E-state index in [9.17, 15) is 14.4 Å². The van der Waals surface area contributed by atoms with E-state index in [-0.39, 0.29) is 5.57 Å². The zero-order chi connectivity index (χ0) is 27.4. The molecular formula is C32H31N3O4. The summed E-state index contributed by atoms with van der Waals surface area (Å²) in [5.74, 6) is -0.502. The number of hydrogen-bond donors (Lipinski definition) is 1. The van der Waals surface area contributed by atoms with Crippen molar-refractivity contribution in [3.63, 3.8) is 0 Å². The molecule has 1 aromatic heterocycles. The topological polar surface area (TPSA) is 80.6 Å². The van der Waals surface area contributed by atoms with Crippen LogP contribution in [0.25, 0.3) is 17.0 Å². The number of rotatable bonds is 9. The lowest BCUT2D eigenvalue weighted by Gasteiger charge is -2.26. The molecule has 1 aliphatic heterocycles. The molecular weight excluding hydrogens is 490 g/mol. The number of para-hydroxylation sites is 1. The normalized spacial score (nSPS) is 14.8. The summed E-state index contributed by atoms with van der Waals surface area (Å²) in [7, 11) is 0. The highest BCUT2D eigenvalue weighted by Crippen LogP contribution is 2.27. The lowest BCUT2D eigenvalue weighted by molar-refractivity contribution is -0.122. The van der Waals surface area contributed by atoms with Crippen molar-refractivity contribution in [2.24, 2.45) is 0 Å². The summed E-state index contributed by atoms with van der Waals surface area (Å²) in [6, 6.07) is 22.4. The van der Waals surface area contributed by atoms with Crippen molar-refractivity contribution in [1.82, 2.24) is 9.88 Å². The molecule has 1 N–H and O–H groups in total. The molecule has 3 aromatic carbocycles. The molecule has 1 saturated heterocycles. The second kappa shape index (κ2) is 11.4. The monoisotopic (exact) mass is 521 g/mol. The molecule has 0 aliphatic carbocycles. The van der Waals surface area contributed by atoms with Crippen molar-refractivity contribution in [1.29, 1.82) is 0 Å². The minimum atomic E-state index is -0.752. The summed E-state index contributed by atoms with van der Waals surface area (Å²) in [5, 5.41) is 3.23. The Morgan fingerprint density at radius 1 is 0.846 bits per heavy atom. The molecule has 4 amide bonds. The van der Waals surface area contributed by atoms with E-state index in [1.807, 2.05) is 61.7 Å². The van der Waals surface area contributed by atoms with Gasteiger partial charge in [-0.1, -0.05) is 56.3 Å². The Morgan fingerprint density at radius 3 is 2.21 bits per heavy atom. The molecule has 0 atom stereocenters. The van der Waals surface area contributed by atoms with Gasteiger partial charge in [0.15, 0.2) is 0 Å². The van der Waals surface area contributed by atoms with E-state index in [4.69, 9.17) is 4.74 Å². The van der Waals surface area contributed by atoms with Gasteiger partial charge in [0.2, 0.25) is 0 Å². The molecule has 0 radical (unpaired) electrons. The lowest BCUT2D eigenvalue weighted by Crippen LogP contribution is -2.54. The number of urea groups is 1. The third-order valence-electron chi connectivity index (χ3n) is 6.97. The number of aromatic nitrogens is 1. The molecule has 39 heavy (non-hydrogen) atoms. The summed E-state index contributed by atoms with van der Waals surface area (Å²) in [6.07, 6.45) is 6.12. The fraction of sp³-hybridized carbons (Fsp3) is 0.219. The van der Waals surface area contributed by atoms with Crippen LogP contribution < -0.4 is 15.0 Å². The highest BCUT2D eigenvalue weighted by atomic mass is 16.5. The molecule has 7 nitrogen and oxygen atoms in total. The van der Waals surface area contributed by atoms with Crippen LogP contribution in [0.4, 0.5) is 10.5 Å². The molecule has 4 aromatic rings. The molecule has 1 fully saturated rings. The number of imide groups is 2. The van der Waals surface area contributed by atoms with Crippen LogP contribution >= 0.6 is 0 Å². The van der Waals surface area contributed by atoms with Gasteiger partial charge in [0.25, 0.3) is 11.8 Å². The fourth-order valence-corrected chi connectivity index (χ4v) is 4.75. The minimum absolute atomic E-state index is 0.0871. The maximum absolute atomic E-state index is 13.4. The van der Waals surface area contributed by atoms with Gasteiger partial charge in [-0.2, -0.15) is 0 Å². The van der Waals surface area contributed by atoms with Gasteiger partial charge in [-0.3, -0.25) is 14.9 Å². The summed E-state index contributed by atoms with van der Waals surface area (Å²) in [5.41, 5.74) is 4.41. The zero-order valence-corrected chi connectivity index (χ0v) is 22.1. The van der Waals surface area contributed by atoms with Gasteiger partial charge >= 0.3 is 6.03 Å². The SMILES string of the molecule is CCc1ccc(OCCCn2cc(C=C3C(=O)NC(=O)N(c4ccc(CC)cc4)C3=O)c3ccccc32)cc1. The first-order valence-electron chi connectivity index (χ1n) is 13.3. The van der Waals surface area contributed by atoms with Crippen molar-refractivity contribution in [3.8, 4) is 5.75 Å². The Hall–Kier alpha value is -4.65. The minimum Gasteiger partial charge on any atom is -0.494 e. The fourth-order valence-electron chi connectivity index (χ4n) is 4.75. The highest BCUT2D eigenvalue weighted by molar-refractivity contribution is 6.39. The van der Waals surface area contributed by atoms with E-state index in [0.717, 1.165) is 51.9 Å². The van der Waals surface area contributed by atoms with Crippen LogP contribution in [0.2, 0.25) is 0 Å². The average molecular weight is 522 g/mol. The molecule has 7 heteroatoms. The Labute approximate surface area is 227 Å². The molecule has 2 heterocycles.